The maximum atomic E-state index is 12.9. The fourth-order valence-corrected chi connectivity index (χ4v) is 5.51. The van der Waals surface area contributed by atoms with Gasteiger partial charge >= 0.3 is 0 Å². The lowest BCUT2D eigenvalue weighted by atomic mass is 9.34. The lowest BCUT2D eigenvalue weighted by Crippen LogP contribution is -2.55. The van der Waals surface area contributed by atoms with E-state index in [2.05, 4.69) is 77.9 Å². The summed E-state index contributed by atoms with van der Waals surface area (Å²) in [6.07, 6.45) is 1.30. The average Bonchev–Trinajstić information content (AvgIpc) is 2.82. The minimum atomic E-state index is -0.218. The summed E-state index contributed by atoms with van der Waals surface area (Å²) in [5.41, 5.74) is 12.6. The molecule has 4 aromatic rings. The van der Waals surface area contributed by atoms with E-state index in [1.54, 1.807) is 12.1 Å². The fourth-order valence-electron chi connectivity index (χ4n) is 5.51. The normalized spacial score (nSPS) is 11.4. The predicted molar refractivity (Wildman–Crippen MR) is 154 cm³/mol. The molecule has 2 nitrogen and oxygen atoms in total. The molecule has 0 saturated heterocycles. The largest absolute Gasteiger partial charge is 0.507 e. The lowest BCUT2D eigenvalue weighted by Gasteiger charge is -2.24. The standard InChI is InChI=1S/C33H33BO2/c1-21-16-23(3)32(24(4)17-21)34(33-25(5)18-22(2)19-26(33)6)29-14-12-28(13-15-29)31(36)20-30(35)27-10-8-7-9-11-27/h7-20,35H,1-6H3/b30-20-. The number of ketones is 1. The molecule has 180 valence electrons. The average molecular weight is 472 g/mol. The minimum Gasteiger partial charge on any atom is -0.507 e. The molecular weight excluding hydrogens is 439 g/mol. The van der Waals surface area contributed by atoms with Gasteiger partial charge in [-0.2, -0.15) is 0 Å². The van der Waals surface area contributed by atoms with E-state index in [9.17, 15) is 9.90 Å². The van der Waals surface area contributed by atoms with Gasteiger partial charge in [-0.15, -0.1) is 0 Å². The quantitative estimate of drug-likeness (QED) is 0.166. The number of hydrogen-bond donors (Lipinski definition) is 1. The van der Waals surface area contributed by atoms with Crippen LogP contribution in [-0.2, 0) is 0 Å². The van der Waals surface area contributed by atoms with Crippen molar-refractivity contribution < 1.29 is 9.90 Å². The number of aliphatic hydroxyl groups is 1. The molecule has 4 rings (SSSR count). The molecule has 0 bridgehead atoms. The van der Waals surface area contributed by atoms with Crippen molar-refractivity contribution in [3.8, 4) is 0 Å². The van der Waals surface area contributed by atoms with Gasteiger partial charge in [0.25, 0.3) is 0 Å². The SMILES string of the molecule is Cc1cc(C)c(B(c2ccc(C(=O)/C=C(\O)c3ccccc3)cc2)c2c(C)cc(C)cc2C)c(C)c1. The molecule has 0 unspecified atom stereocenters. The fraction of sp³-hybridized carbons (Fsp3) is 0.182. The minimum absolute atomic E-state index is 0.0284. The molecule has 3 heteroatoms. The van der Waals surface area contributed by atoms with Crippen molar-refractivity contribution in [1.29, 1.82) is 0 Å². The van der Waals surface area contributed by atoms with Gasteiger partial charge in [0.1, 0.15) is 5.76 Å². The molecule has 0 aromatic heterocycles. The van der Waals surface area contributed by atoms with E-state index < -0.39 is 0 Å². The van der Waals surface area contributed by atoms with Crippen LogP contribution in [0.2, 0.25) is 0 Å². The van der Waals surface area contributed by atoms with E-state index in [-0.39, 0.29) is 18.3 Å². The van der Waals surface area contributed by atoms with Gasteiger partial charge in [-0.1, -0.05) is 129 Å². The molecule has 0 radical (unpaired) electrons. The van der Waals surface area contributed by atoms with Gasteiger partial charge in [-0.25, -0.2) is 0 Å². The van der Waals surface area contributed by atoms with Crippen molar-refractivity contribution in [1.82, 2.24) is 0 Å². The Kier molecular flexibility index (Phi) is 7.31. The molecule has 0 spiro atoms. The molecule has 0 fully saturated rings. The third-order valence-corrected chi connectivity index (χ3v) is 6.92. The third-order valence-electron chi connectivity index (χ3n) is 6.92. The summed E-state index contributed by atoms with van der Waals surface area (Å²) in [4.78, 5) is 12.9. The van der Waals surface area contributed by atoms with Crippen molar-refractivity contribution >= 4 is 34.6 Å². The Morgan fingerprint density at radius 3 is 1.53 bits per heavy atom. The Bertz CT molecular complexity index is 1340. The maximum absolute atomic E-state index is 12.9. The van der Waals surface area contributed by atoms with Crippen molar-refractivity contribution in [2.24, 2.45) is 0 Å². The monoisotopic (exact) mass is 472 g/mol. The molecule has 0 atom stereocenters. The van der Waals surface area contributed by atoms with E-state index in [0.717, 1.165) is 5.46 Å². The van der Waals surface area contributed by atoms with Crippen molar-refractivity contribution in [2.75, 3.05) is 0 Å². The first-order valence-electron chi connectivity index (χ1n) is 12.4. The molecule has 36 heavy (non-hydrogen) atoms. The van der Waals surface area contributed by atoms with Gasteiger partial charge in [0, 0.05) is 17.2 Å². The van der Waals surface area contributed by atoms with Crippen LogP contribution in [0.5, 0.6) is 0 Å². The lowest BCUT2D eigenvalue weighted by molar-refractivity contribution is 0.104. The van der Waals surface area contributed by atoms with Crippen LogP contribution in [0.1, 0.15) is 49.3 Å². The van der Waals surface area contributed by atoms with Gasteiger partial charge in [0.05, 0.1) is 0 Å². The zero-order valence-corrected chi connectivity index (χ0v) is 22.0. The second kappa shape index (κ2) is 10.4. The van der Waals surface area contributed by atoms with Crippen molar-refractivity contribution in [2.45, 2.75) is 41.5 Å². The third kappa shape index (κ3) is 5.21. The molecule has 4 aromatic carbocycles. The summed E-state index contributed by atoms with van der Waals surface area (Å²) in [7, 11) is 0. The Balaban J connectivity index is 1.80. The predicted octanol–water partition coefficient (Wildman–Crippen LogP) is 5.84. The Morgan fingerprint density at radius 2 is 1.08 bits per heavy atom. The molecule has 0 aliphatic carbocycles. The van der Waals surface area contributed by atoms with Crippen molar-refractivity contribution in [3.63, 3.8) is 0 Å². The second-order valence-corrected chi connectivity index (χ2v) is 9.94. The van der Waals surface area contributed by atoms with Crippen LogP contribution in [0.3, 0.4) is 0 Å². The molecule has 1 N–H and O–H groups in total. The van der Waals surface area contributed by atoms with E-state index in [0.29, 0.717) is 11.1 Å². The molecule has 0 heterocycles. The van der Waals surface area contributed by atoms with Gasteiger partial charge in [-0.05, 0) is 41.5 Å². The smallest absolute Gasteiger partial charge is 0.242 e. The van der Waals surface area contributed by atoms with E-state index in [1.807, 2.05) is 30.3 Å². The number of benzene rings is 4. The number of allylic oxidation sites excluding steroid dienone is 1. The maximum Gasteiger partial charge on any atom is 0.242 e. The first-order valence-corrected chi connectivity index (χ1v) is 12.4. The number of hydrogen-bond acceptors (Lipinski definition) is 2. The van der Waals surface area contributed by atoms with Crippen LogP contribution >= 0.6 is 0 Å². The van der Waals surface area contributed by atoms with Crippen LogP contribution in [0.15, 0.2) is 84.9 Å². The Labute approximate surface area is 215 Å². The highest BCUT2D eigenvalue weighted by Gasteiger charge is 2.28. The zero-order chi connectivity index (χ0) is 26.0. The van der Waals surface area contributed by atoms with E-state index in [1.165, 1.54) is 50.4 Å². The number of aliphatic hydroxyl groups excluding tert-OH is 1. The Hall–Kier alpha value is -3.85. The topological polar surface area (TPSA) is 37.3 Å². The van der Waals surface area contributed by atoms with Gasteiger partial charge in [0.2, 0.25) is 6.71 Å². The van der Waals surface area contributed by atoms with Gasteiger partial charge in [-0.3, -0.25) is 4.79 Å². The second-order valence-electron chi connectivity index (χ2n) is 9.94. The van der Waals surface area contributed by atoms with Crippen LogP contribution in [0, 0.1) is 41.5 Å². The summed E-state index contributed by atoms with van der Waals surface area (Å²) >= 11 is 0. The highest BCUT2D eigenvalue weighted by molar-refractivity contribution is 6.96. The summed E-state index contributed by atoms with van der Waals surface area (Å²) in [5, 5.41) is 10.4. The molecule has 0 saturated carbocycles. The molecule has 0 aliphatic rings. The van der Waals surface area contributed by atoms with Crippen LogP contribution in [-0.4, -0.2) is 17.6 Å². The first kappa shape index (κ1) is 25.3. The van der Waals surface area contributed by atoms with Crippen LogP contribution < -0.4 is 16.4 Å². The molecule has 0 amide bonds. The summed E-state index contributed by atoms with van der Waals surface area (Å²) in [6.45, 7) is 13.1. The number of rotatable bonds is 6. The molecule has 0 aliphatic heterocycles. The summed E-state index contributed by atoms with van der Waals surface area (Å²) < 4.78 is 0. The highest BCUT2D eigenvalue weighted by Crippen LogP contribution is 2.15. The first-order chi connectivity index (χ1) is 17.2. The van der Waals surface area contributed by atoms with Gasteiger partial charge < -0.3 is 5.11 Å². The zero-order valence-electron chi connectivity index (χ0n) is 22.0. The number of carbonyl (C=O) groups excluding carboxylic acids is 1. The number of carbonyl (C=O) groups is 1. The molecular formula is C33H33BO2. The van der Waals surface area contributed by atoms with Gasteiger partial charge in [0.15, 0.2) is 5.78 Å². The van der Waals surface area contributed by atoms with Crippen LogP contribution in [0.4, 0.5) is 0 Å². The highest BCUT2D eigenvalue weighted by atomic mass is 16.3. The summed E-state index contributed by atoms with van der Waals surface area (Å²) in [5.74, 6) is -0.246. The Morgan fingerprint density at radius 1 is 0.639 bits per heavy atom. The van der Waals surface area contributed by atoms with Crippen molar-refractivity contribution in [3.05, 3.63) is 129 Å². The van der Waals surface area contributed by atoms with Crippen LogP contribution in [0.25, 0.3) is 5.76 Å². The summed E-state index contributed by atoms with van der Waals surface area (Å²) in [6, 6.07) is 26.0. The number of aryl methyl sites for hydroxylation is 6. The van der Waals surface area contributed by atoms with E-state index >= 15 is 0 Å². The van der Waals surface area contributed by atoms with E-state index in [4.69, 9.17) is 0 Å².